The lowest BCUT2D eigenvalue weighted by molar-refractivity contribution is -0.147. The molecule has 0 radical (unpaired) electrons. The maximum absolute atomic E-state index is 13.5. The number of para-hydroxylation sites is 2. The van der Waals surface area contributed by atoms with E-state index >= 15 is 0 Å². The molecule has 1 aromatic heterocycles. The van der Waals surface area contributed by atoms with Crippen molar-refractivity contribution in [2.24, 2.45) is 0 Å². The topological polar surface area (TPSA) is 46.9 Å². The van der Waals surface area contributed by atoms with Gasteiger partial charge in [-0.25, -0.2) is 9.37 Å². The van der Waals surface area contributed by atoms with Crippen LogP contribution in [0.3, 0.4) is 0 Å². The van der Waals surface area contributed by atoms with Gasteiger partial charge in [0.15, 0.2) is 0 Å². The van der Waals surface area contributed by atoms with Crippen LogP contribution in [0.1, 0.15) is 11.4 Å². The van der Waals surface area contributed by atoms with E-state index in [1.165, 1.54) is 24.3 Å². The van der Waals surface area contributed by atoms with E-state index in [2.05, 4.69) is 10.3 Å². The van der Waals surface area contributed by atoms with E-state index < -0.39 is 30.3 Å². The quantitative estimate of drug-likeness (QED) is 0.721. The normalized spacial score (nSPS) is 11.7. The number of fused-ring (bicyclic) bond motifs is 1. The van der Waals surface area contributed by atoms with Crippen LogP contribution in [0.2, 0.25) is 0 Å². The SMILES string of the molecule is Cc1ccc(NC(=O)Cn2c(C(F)(F)F)nc3ccccc32)cc1F. The Morgan fingerprint density at radius 1 is 1.20 bits per heavy atom. The third kappa shape index (κ3) is 3.47. The van der Waals surface area contributed by atoms with Crippen LogP contribution >= 0.6 is 0 Å². The van der Waals surface area contributed by atoms with Crippen molar-refractivity contribution in [3.05, 3.63) is 59.7 Å². The van der Waals surface area contributed by atoms with Gasteiger partial charge in [-0.15, -0.1) is 0 Å². The lowest BCUT2D eigenvalue weighted by Gasteiger charge is -2.12. The van der Waals surface area contributed by atoms with Gasteiger partial charge in [-0.1, -0.05) is 18.2 Å². The molecule has 0 fully saturated rings. The molecule has 1 N–H and O–H groups in total. The molecule has 4 nitrogen and oxygen atoms in total. The summed E-state index contributed by atoms with van der Waals surface area (Å²) in [6.07, 6.45) is -4.70. The number of carbonyl (C=O) groups excluding carboxylic acids is 1. The fraction of sp³-hybridized carbons (Fsp3) is 0.176. The molecule has 3 rings (SSSR count). The van der Waals surface area contributed by atoms with Crippen LogP contribution in [0.4, 0.5) is 23.2 Å². The largest absolute Gasteiger partial charge is 0.449 e. The zero-order valence-corrected chi connectivity index (χ0v) is 13.1. The Bertz CT molecular complexity index is 947. The average molecular weight is 351 g/mol. The molecule has 2 aromatic carbocycles. The number of nitrogens with one attached hydrogen (secondary N) is 1. The Hall–Kier alpha value is -2.90. The third-order valence-corrected chi connectivity index (χ3v) is 3.67. The van der Waals surface area contributed by atoms with Crippen LogP contribution in [0, 0.1) is 12.7 Å². The monoisotopic (exact) mass is 351 g/mol. The summed E-state index contributed by atoms with van der Waals surface area (Å²) in [6, 6.07) is 10.1. The number of hydrogen-bond acceptors (Lipinski definition) is 2. The summed E-state index contributed by atoms with van der Waals surface area (Å²) in [5.74, 6) is -2.38. The highest BCUT2D eigenvalue weighted by atomic mass is 19.4. The van der Waals surface area contributed by atoms with E-state index in [0.29, 0.717) is 5.56 Å². The number of halogens is 4. The summed E-state index contributed by atoms with van der Waals surface area (Å²) in [5, 5.41) is 2.40. The second-order valence-electron chi connectivity index (χ2n) is 5.52. The van der Waals surface area contributed by atoms with Gasteiger partial charge in [-0.05, 0) is 36.8 Å². The standard InChI is InChI=1S/C17H13F4N3O/c1-10-6-7-11(8-12(10)18)22-15(25)9-24-14-5-3-2-4-13(14)23-16(24)17(19,20)21/h2-8H,9H2,1H3,(H,22,25). The highest BCUT2D eigenvalue weighted by Gasteiger charge is 2.37. The summed E-state index contributed by atoms with van der Waals surface area (Å²) >= 11 is 0. The van der Waals surface area contributed by atoms with Crippen molar-refractivity contribution in [3.8, 4) is 0 Å². The lowest BCUT2D eigenvalue weighted by atomic mass is 10.2. The van der Waals surface area contributed by atoms with Crippen molar-refractivity contribution >= 4 is 22.6 Å². The van der Waals surface area contributed by atoms with Crippen LogP contribution in [0.15, 0.2) is 42.5 Å². The zero-order chi connectivity index (χ0) is 18.2. The van der Waals surface area contributed by atoms with Crippen LogP contribution < -0.4 is 5.32 Å². The molecule has 0 aliphatic rings. The van der Waals surface area contributed by atoms with Gasteiger partial charge in [0, 0.05) is 5.69 Å². The highest BCUT2D eigenvalue weighted by Crippen LogP contribution is 2.31. The van der Waals surface area contributed by atoms with Crippen LogP contribution in [0.5, 0.6) is 0 Å². The van der Waals surface area contributed by atoms with Gasteiger partial charge >= 0.3 is 6.18 Å². The zero-order valence-electron chi connectivity index (χ0n) is 13.1. The van der Waals surface area contributed by atoms with Crippen molar-refractivity contribution in [1.82, 2.24) is 9.55 Å². The number of rotatable bonds is 3. The predicted octanol–water partition coefficient (Wildman–Crippen LogP) is 4.14. The Balaban J connectivity index is 1.91. The molecule has 0 aliphatic heterocycles. The van der Waals surface area contributed by atoms with Crippen molar-refractivity contribution in [3.63, 3.8) is 0 Å². The molecule has 1 heterocycles. The third-order valence-electron chi connectivity index (χ3n) is 3.67. The number of carbonyl (C=O) groups is 1. The average Bonchev–Trinajstić information content (AvgIpc) is 2.90. The van der Waals surface area contributed by atoms with Gasteiger partial charge in [0.25, 0.3) is 0 Å². The predicted molar refractivity (Wildman–Crippen MR) is 84.5 cm³/mol. The Morgan fingerprint density at radius 2 is 1.92 bits per heavy atom. The molecular weight excluding hydrogens is 338 g/mol. The minimum absolute atomic E-state index is 0.143. The number of anilines is 1. The number of hydrogen-bond donors (Lipinski definition) is 1. The summed E-state index contributed by atoms with van der Waals surface area (Å²) in [4.78, 5) is 15.7. The Labute approximate surface area is 140 Å². The number of aromatic nitrogens is 2. The molecule has 0 unspecified atom stereocenters. The number of amides is 1. The smallest absolute Gasteiger partial charge is 0.324 e. The molecule has 130 valence electrons. The minimum Gasteiger partial charge on any atom is -0.324 e. The molecule has 3 aromatic rings. The van der Waals surface area contributed by atoms with E-state index in [1.54, 1.807) is 19.1 Å². The van der Waals surface area contributed by atoms with Crippen molar-refractivity contribution in [2.45, 2.75) is 19.6 Å². The van der Waals surface area contributed by atoms with Gasteiger partial charge in [0.1, 0.15) is 12.4 Å². The van der Waals surface area contributed by atoms with Crippen molar-refractivity contribution < 1.29 is 22.4 Å². The fourth-order valence-electron chi connectivity index (χ4n) is 2.47. The minimum atomic E-state index is -4.70. The summed E-state index contributed by atoms with van der Waals surface area (Å²) in [7, 11) is 0. The molecule has 0 aliphatic carbocycles. The summed E-state index contributed by atoms with van der Waals surface area (Å²) < 4.78 is 53.9. The van der Waals surface area contributed by atoms with Gasteiger partial charge in [-0.2, -0.15) is 13.2 Å². The first-order valence-corrected chi connectivity index (χ1v) is 7.34. The van der Waals surface area contributed by atoms with Gasteiger partial charge in [0.05, 0.1) is 11.0 Å². The number of imidazole rings is 1. The number of aryl methyl sites for hydroxylation is 1. The van der Waals surface area contributed by atoms with Crippen LogP contribution in [0.25, 0.3) is 11.0 Å². The molecule has 8 heteroatoms. The van der Waals surface area contributed by atoms with Gasteiger partial charge < -0.3 is 9.88 Å². The Morgan fingerprint density at radius 3 is 2.60 bits per heavy atom. The fourth-order valence-corrected chi connectivity index (χ4v) is 2.47. The first kappa shape index (κ1) is 16.9. The second-order valence-corrected chi connectivity index (χ2v) is 5.52. The molecular formula is C17H13F4N3O. The molecule has 0 atom stereocenters. The van der Waals surface area contributed by atoms with Crippen LogP contribution in [-0.4, -0.2) is 15.5 Å². The van der Waals surface area contributed by atoms with Crippen LogP contribution in [-0.2, 0) is 17.5 Å². The molecule has 1 amide bonds. The molecule has 0 bridgehead atoms. The van der Waals surface area contributed by atoms with E-state index in [9.17, 15) is 22.4 Å². The van der Waals surface area contributed by atoms with E-state index in [1.807, 2.05) is 0 Å². The first-order valence-electron chi connectivity index (χ1n) is 7.34. The first-order chi connectivity index (χ1) is 11.8. The van der Waals surface area contributed by atoms with E-state index in [0.717, 1.165) is 10.6 Å². The number of nitrogens with zero attached hydrogens (tertiary/aromatic N) is 2. The molecule has 0 saturated carbocycles. The Kier molecular flexibility index (Phi) is 4.20. The van der Waals surface area contributed by atoms with Crippen molar-refractivity contribution in [1.29, 1.82) is 0 Å². The van der Waals surface area contributed by atoms with Crippen molar-refractivity contribution in [2.75, 3.05) is 5.32 Å². The second kappa shape index (κ2) is 6.19. The van der Waals surface area contributed by atoms with Gasteiger partial charge in [0.2, 0.25) is 11.7 Å². The van der Waals surface area contributed by atoms with Gasteiger partial charge in [-0.3, -0.25) is 4.79 Å². The summed E-state index contributed by atoms with van der Waals surface area (Å²) in [5.41, 5.74) is 0.910. The number of benzene rings is 2. The maximum Gasteiger partial charge on any atom is 0.449 e. The lowest BCUT2D eigenvalue weighted by Crippen LogP contribution is -2.23. The molecule has 0 spiro atoms. The molecule has 25 heavy (non-hydrogen) atoms. The maximum atomic E-state index is 13.5. The highest BCUT2D eigenvalue weighted by molar-refractivity contribution is 5.91. The van der Waals surface area contributed by atoms with E-state index in [4.69, 9.17) is 0 Å². The number of alkyl halides is 3. The summed E-state index contributed by atoms with van der Waals surface area (Å²) in [6.45, 7) is 0.971. The molecule has 0 saturated heterocycles. The van der Waals surface area contributed by atoms with E-state index in [-0.39, 0.29) is 16.7 Å².